The minimum atomic E-state index is -0.0815. The predicted molar refractivity (Wildman–Crippen MR) is 91.3 cm³/mol. The zero-order chi connectivity index (χ0) is 15.3. The fraction of sp³-hybridized carbons (Fsp3) is 0.889. The maximum atomic E-state index is 13.0. The van der Waals surface area contributed by atoms with E-state index in [-0.39, 0.29) is 11.3 Å². The highest BCUT2D eigenvalue weighted by atomic mass is 32.1. The van der Waals surface area contributed by atoms with E-state index in [4.69, 9.17) is 12.2 Å². The largest absolute Gasteiger partial charge is 0.349 e. The van der Waals surface area contributed by atoms with Gasteiger partial charge < -0.3 is 10.2 Å². The first kappa shape index (κ1) is 14.9. The van der Waals surface area contributed by atoms with Crippen LogP contribution in [0.4, 0.5) is 0 Å². The first-order chi connectivity index (χ1) is 10.5. The molecule has 22 heavy (non-hydrogen) atoms. The molecule has 4 aliphatic carbocycles. The van der Waals surface area contributed by atoms with E-state index in [1.54, 1.807) is 0 Å². The lowest BCUT2D eigenvalue weighted by Crippen LogP contribution is -2.56. The van der Waals surface area contributed by atoms with Gasteiger partial charge in [-0.25, -0.2) is 0 Å². The molecule has 0 atom stereocenters. The third-order valence-corrected chi connectivity index (χ3v) is 7.17. The monoisotopic (exact) mass is 320 g/mol. The number of carbonyl (C=O) groups is 1. The first-order valence-corrected chi connectivity index (χ1v) is 9.55. The maximum Gasteiger partial charge on any atom is 0.232 e. The summed E-state index contributed by atoms with van der Waals surface area (Å²) < 4.78 is 0. The van der Waals surface area contributed by atoms with Crippen molar-refractivity contribution in [3.63, 3.8) is 0 Å². The highest BCUT2D eigenvalue weighted by molar-refractivity contribution is 7.80. The van der Waals surface area contributed by atoms with Crippen molar-refractivity contribution >= 4 is 23.2 Å². The number of hydrogen-bond acceptors (Lipinski definition) is 2. The Morgan fingerprint density at radius 3 is 2.05 bits per heavy atom. The van der Waals surface area contributed by atoms with E-state index < -0.39 is 0 Å². The lowest BCUT2D eigenvalue weighted by molar-refractivity contribution is -0.144. The van der Waals surface area contributed by atoms with Crippen molar-refractivity contribution in [3.05, 3.63) is 0 Å². The second kappa shape index (κ2) is 5.47. The van der Waals surface area contributed by atoms with Crippen LogP contribution in [0.2, 0.25) is 0 Å². The van der Waals surface area contributed by atoms with E-state index in [9.17, 15) is 4.79 Å². The van der Waals surface area contributed by atoms with E-state index in [2.05, 4.69) is 17.1 Å². The molecule has 1 heterocycles. The molecular weight excluding hydrogens is 292 g/mol. The van der Waals surface area contributed by atoms with Crippen molar-refractivity contribution in [1.82, 2.24) is 10.2 Å². The first-order valence-electron chi connectivity index (χ1n) is 9.14. The number of carbonyl (C=O) groups excluding carboxylic acids is 1. The molecule has 4 heteroatoms. The predicted octanol–water partition coefficient (Wildman–Crippen LogP) is 3.34. The van der Waals surface area contributed by atoms with E-state index in [0.29, 0.717) is 5.11 Å². The molecule has 0 spiro atoms. The minimum absolute atomic E-state index is 0.0815. The summed E-state index contributed by atoms with van der Waals surface area (Å²) in [6.45, 7) is 4.30. The van der Waals surface area contributed by atoms with Crippen molar-refractivity contribution in [3.8, 4) is 0 Å². The van der Waals surface area contributed by atoms with Gasteiger partial charge in [-0.05, 0) is 87.3 Å². The van der Waals surface area contributed by atoms with Gasteiger partial charge in [0.05, 0.1) is 5.41 Å². The fourth-order valence-corrected chi connectivity index (χ4v) is 6.18. The smallest absolute Gasteiger partial charge is 0.232 e. The van der Waals surface area contributed by atoms with Gasteiger partial charge in [0.25, 0.3) is 0 Å². The molecule has 0 aromatic carbocycles. The quantitative estimate of drug-likeness (QED) is 0.752. The minimum Gasteiger partial charge on any atom is -0.349 e. The van der Waals surface area contributed by atoms with Crippen molar-refractivity contribution < 1.29 is 4.79 Å². The summed E-state index contributed by atoms with van der Waals surface area (Å²) in [4.78, 5) is 15.2. The van der Waals surface area contributed by atoms with Crippen molar-refractivity contribution in [1.29, 1.82) is 0 Å². The molecule has 0 aromatic heterocycles. The van der Waals surface area contributed by atoms with E-state index in [0.717, 1.165) is 56.0 Å². The van der Waals surface area contributed by atoms with Crippen LogP contribution in [-0.2, 0) is 4.79 Å². The number of amides is 1. The van der Waals surface area contributed by atoms with Gasteiger partial charge in [0.15, 0.2) is 5.11 Å². The number of rotatable bonds is 1. The van der Waals surface area contributed by atoms with E-state index in [1.807, 2.05) is 0 Å². The lowest BCUT2D eigenvalue weighted by Gasteiger charge is -2.55. The zero-order valence-corrected chi connectivity index (χ0v) is 14.5. The van der Waals surface area contributed by atoms with Crippen LogP contribution >= 0.6 is 12.2 Å². The Kier molecular flexibility index (Phi) is 3.71. The molecule has 0 aromatic rings. The molecule has 5 aliphatic rings. The van der Waals surface area contributed by atoms with Gasteiger partial charge in [0, 0.05) is 13.1 Å². The van der Waals surface area contributed by atoms with Gasteiger partial charge in [0.1, 0.15) is 0 Å². The van der Waals surface area contributed by atoms with Gasteiger partial charge in [-0.15, -0.1) is 0 Å². The van der Waals surface area contributed by atoms with Crippen LogP contribution in [0.25, 0.3) is 0 Å². The standard InChI is InChI=1S/C18H28N2OS/c1-12-2-4-20(5-3-12)17(22)19-16(21)18-9-13-6-14(10-18)8-15(7-13)11-18/h12-15H,2-11H2,1H3,(H,19,21,22). The van der Waals surface area contributed by atoms with Crippen LogP contribution in [-0.4, -0.2) is 29.0 Å². The average Bonchev–Trinajstić information content (AvgIpc) is 2.46. The molecule has 4 saturated carbocycles. The van der Waals surface area contributed by atoms with E-state index >= 15 is 0 Å². The average molecular weight is 321 g/mol. The molecule has 0 radical (unpaired) electrons. The number of likely N-dealkylation sites (tertiary alicyclic amines) is 1. The van der Waals surface area contributed by atoms with Gasteiger partial charge in [0.2, 0.25) is 5.91 Å². The summed E-state index contributed by atoms with van der Waals surface area (Å²) in [6.07, 6.45) is 9.85. The van der Waals surface area contributed by atoms with Crippen molar-refractivity contribution in [2.75, 3.05) is 13.1 Å². The Morgan fingerprint density at radius 1 is 1.05 bits per heavy atom. The summed E-state index contributed by atoms with van der Waals surface area (Å²) in [5, 5.41) is 3.83. The third kappa shape index (κ3) is 2.57. The van der Waals surface area contributed by atoms with Crippen LogP contribution in [0, 0.1) is 29.1 Å². The Bertz CT molecular complexity index is 446. The number of thiocarbonyl (C=S) groups is 1. The van der Waals surface area contributed by atoms with Crippen molar-refractivity contribution in [2.45, 2.75) is 58.3 Å². The molecule has 5 fully saturated rings. The zero-order valence-electron chi connectivity index (χ0n) is 13.6. The normalized spacial score (nSPS) is 40.8. The Balaban J connectivity index is 1.41. The molecule has 1 N–H and O–H groups in total. The molecule has 1 aliphatic heterocycles. The van der Waals surface area contributed by atoms with Gasteiger partial charge >= 0.3 is 0 Å². The Labute approximate surface area is 139 Å². The van der Waals surface area contributed by atoms with Gasteiger partial charge in [-0.1, -0.05) is 6.92 Å². The SMILES string of the molecule is CC1CCN(C(=S)NC(=O)C23CC4CC(CC(C4)C2)C3)CC1. The van der Waals surface area contributed by atoms with Crippen LogP contribution < -0.4 is 5.32 Å². The highest BCUT2D eigenvalue weighted by Gasteiger charge is 2.54. The fourth-order valence-electron chi connectivity index (χ4n) is 5.91. The third-order valence-electron chi connectivity index (χ3n) is 6.81. The number of piperidine rings is 1. The summed E-state index contributed by atoms with van der Waals surface area (Å²) in [5.74, 6) is 3.46. The van der Waals surface area contributed by atoms with Gasteiger partial charge in [-0.3, -0.25) is 4.79 Å². The van der Waals surface area contributed by atoms with Crippen molar-refractivity contribution in [2.24, 2.45) is 29.1 Å². The number of nitrogens with zero attached hydrogens (tertiary/aromatic N) is 1. The second-order valence-corrected chi connectivity index (χ2v) is 9.01. The molecule has 0 unspecified atom stereocenters. The van der Waals surface area contributed by atoms with Crippen LogP contribution in [0.3, 0.4) is 0 Å². The van der Waals surface area contributed by atoms with Crippen LogP contribution in [0.1, 0.15) is 58.3 Å². The molecule has 4 bridgehead atoms. The Morgan fingerprint density at radius 2 is 1.55 bits per heavy atom. The summed E-state index contributed by atoms with van der Waals surface area (Å²) in [7, 11) is 0. The van der Waals surface area contributed by atoms with E-state index in [1.165, 1.54) is 32.1 Å². The molecule has 1 amide bonds. The second-order valence-electron chi connectivity index (χ2n) is 8.63. The summed E-state index contributed by atoms with van der Waals surface area (Å²) in [5.41, 5.74) is -0.0815. The molecule has 1 saturated heterocycles. The topological polar surface area (TPSA) is 32.3 Å². The molecule has 3 nitrogen and oxygen atoms in total. The number of nitrogens with one attached hydrogen (secondary N) is 1. The summed E-state index contributed by atoms with van der Waals surface area (Å²) in [6, 6.07) is 0. The summed E-state index contributed by atoms with van der Waals surface area (Å²) >= 11 is 5.54. The van der Waals surface area contributed by atoms with Gasteiger partial charge in [-0.2, -0.15) is 0 Å². The molecule has 5 rings (SSSR count). The lowest BCUT2D eigenvalue weighted by atomic mass is 9.49. The molecular formula is C18H28N2OS. The number of hydrogen-bond donors (Lipinski definition) is 1. The van der Waals surface area contributed by atoms with Crippen LogP contribution in [0.5, 0.6) is 0 Å². The molecule has 122 valence electrons. The Hall–Kier alpha value is -0.640. The highest BCUT2D eigenvalue weighted by Crippen LogP contribution is 2.60. The maximum absolute atomic E-state index is 13.0. The van der Waals surface area contributed by atoms with Crippen LogP contribution in [0.15, 0.2) is 0 Å².